The third kappa shape index (κ3) is 18.4. The maximum absolute atomic E-state index is 9.45. The Hall–Kier alpha value is -0.610. The third-order valence-corrected chi connectivity index (χ3v) is 1.21. The zero-order chi connectivity index (χ0) is 10.7. The van der Waals surface area contributed by atoms with Gasteiger partial charge in [0.15, 0.2) is 0 Å². The van der Waals surface area contributed by atoms with Crippen molar-refractivity contribution in [2.24, 2.45) is 0 Å². The van der Waals surface area contributed by atoms with Crippen LogP contribution in [0.15, 0.2) is 0 Å². The fourth-order valence-corrected chi connectivity index (χ4v) is 0.479. The highest BCUT2D eigenvalue weighted by Gasteiger charge is 2.01. The number of aliphatic carboxylic acids is 1. The van der Waals surface area contributed by atoms with Gasteiger partial charge in [0.1, 0.15) is 6.10 Å². The first-order valence-electron chi connectivity index (χ1n) is 4.67. The number of aliphatic hydroxyl groups excluding tert-OH is 1. The number of carboxylic acids is 1. The minimum Gasteiger partial charge on any atom is -0.479 e. The van der Waals surface area contributed by atoms with Crippen molar-refractivity contribution in [1.82, 2.24) is 5.32 Å². The van der Waals surface area contributed by atoms with Crippen LogP contribution < -0.4 is 5.32 Å². The van der Waals surface area contributed by atoms with Crippen molar-refractivity contribution in [3.63, 3.8) is 0 Å². The highest BCUT2D eigenvalue weighted by molar-refractivity contribution is 5.71. The minimum atomic E-state index is -1.23. The van der Waals surface area contributed by atoms with E-state index in [9.17, 15) is 4.79 Å². The van der Waals surface area contributed by atoms with Gasteiger partial charge < -0.3 is 15.5 Å². The maximum Gasteiger partial charge on any atom is 0.332 e. The third-order valence-electron chi connectivity index (χ3n) is 1.21. The molecule has 0 aromatic rings. The number of hydrogen-bond acceptors (Lipinski definition) is 3. The number of carboxylic acid groups (broad SMARTS) is 1. The molecule has 0 saturated heterocycles. The lowest BCUT2D eigenvalue weighted by molar-refractivity contribution is -0.145. The maximum atomic E-state index is 9.45. The van der Waals surface area contributed by atoms with E-state index in [0.717, 1.165) is 0 Å². The largest absolute Gasteiger partial charge is 0.479 e. The van der Waals surface area contributed by atoms with Crippen LogP contribution in [0.5, 0.6) is 0 Å². The van der Waals surface area contributed by atoms with E-state index in [0.29, 0.717) is 0 Å². The minimum absolute atomic E-state index is 1.17. The predicted molar refractivity (Wildman–Crippen MR) is 52.8 cm³/mol. The first-order chi connectivity index (χ1) is 6.06. The van der Waals surface area contributed by atoms with Crippen LogP contribution in [0.1, 0.15) is 33.6 Å². The Morgan fingerprint density at radius 3 is 1.77 bits per heavy atom. The molecule has 0 heterocycles. The molecule has 3 N–H and O–H groups in total. The Balaban J connectivity index is 0. The zero-order valence-electron chi connectivity index (χ0n) is 8.71. The van der Waals surface area contributed by atoms with E-state index in [4.69, 9.17) is 10.2 Å². The zero-order valence-corrected chi connectivity index (χ0v) is 8.71. The fourth-order valence-electron chi connectivity index (χ4n) is 0.479. The number of hydrogen-bond donors (Lipinski definition) is 3. The van der Waals surface area contributed by atoms with Gasteiger partial charge in [-0.1, -0.05) is 13.8 Å². The van der Waals surface area contributed by atoms with Crippen molar-refractivity contribution in [1.29, 1.82) is 0 Å². The second-order valence-corrected chi connectivity index (χ2v) is 2.76. The summed E-state index contributed by atoms with van der Waals surface area (Å²) in [6.07, 6.45) is 1.27. The molecule has 1 atom stereocenters. The van der Waals surface area contributed by atoms with Crippen LogP contribution in [0, 0.1) is 0 Å². The summed E-state index contributed by atoms with van der Waals surface area (Å²) in [5.41, 5.74) is 0. The van der Waals surface area contributed by atoms with Gasteiger partial charge in [0.2, 0.25) is 0 Å². The molecular formula is C9H21NO3. The number of nitrogens with one attached hydrogen (secondary N) is 1. The van der Waals surface area contributed by atoms with Crippen LogP contribution in [0.4, 0.5) is 0 Å². The van der Waals surface area contributed by atoms with Crippen molar-refractivity contribution in [3.8, 4) is 0 Å². The monoisotopic (exact) mass is 191 g/mol. The Morgan fingerprint density at radius 1 is 1.31 bits per heavy atom. The quantitative estimate of drug-likeness (QED) is 0.563. The molecule has 0 aliphatic rings. The Labute approximate surface area is 80.0 Å². The molecule has 0 radical (unpaired) electrons. The lowest BCUT2D eigenvalue weighted by atomic mass is 10.4. The van der Waals surface area contributed by atoms with E-state index in [2.05, 4.69) is 19.2 Å². The number of carbonyl (C=O) groups is 1. The highest BCUT2D eigenvalue weighted by atomic mass is 16.4. The lowest BCUT2D eigenvalue weighted by Crippen LogP contribution is -2.14. The van der Waals surface area contributed by atoms with Gasteiger partial charge in [0.25, 0.3) is 0 Å². The van der Waals surface area contributed by atoms with Crippen molar-refractivity contribution in [2.45, 2.75) is 39.7 Å². The molecule has 13 heavy (non-hydrogen) atoms. The molecule has 0 rings (SSSR count). The van der Waals surface area contributed by atoms with Crippen molar-refractivity contribution < 1.29 is 15.0 Å². The Kier molecular flexibility index (Phi) is 13.0. The van der Waals surface area contributed by atoms with Crippen LogP contribution in [0.25, 0.3) is 0 Å². The summed E-state index contributed by atoms with van der Waals surface area (Å²) in [5, 5.41) is 19.1. The molecule has 0 bridgehead atoms. The summed E-state index contributed by atoms with van der Waals surface area (Å²) in [6.45, 7) is 7.91. The second-order valence-electron chi connectivity index (χ2n) is 2.76. The Bertz CT molecular complexity index is 111. The summed E-state index contributed by atoms with van der Waals surface area (Å²) >= 11 is 0. The lowest BCUT2D eigenvalue weighted by Gasteiger charge is -1.95. The molecule has 0 aromatic carbocycles. The van der Waals surface area contributed by atoms with E-state index in [-0.39, 0.29) is 0 Å². The molecule has 0 aliphatic carbocycles. The van der Waals surface area contributed by atoms with Crippen LogP contribution in [0.3, 0.4) is 0 Å². The van der Waals surface area contributed by atoms with Gasteiger partial charge in [-0.15, -0.1) is 0 Å². The van der Waals surface area contributed by atoms with Gasteiger partial charge in [-0.05, 0) is 32.9 Å². The predicted octanol–water partition coefficient (Wildman–Crippen LogP) is 0.848. The van der Waals surface area contributed by atoms with Gasteiger partial charge in [-0.25, -0.2) is 4.79 Å². The normalized spacial score (nSPS) is 11.4. The summed E-state index contributed by atoms with van der Waals surface area (Å²) in [6, 6.07) is 0. The van der Waals surface area contributed by atoms with Crippen molar-refractivity contribution >= 4 is 5.97 Å². The van der Waals surface area contributed by atoms with Gasteiger partial charge >= 0.3 is 5.97 Å². The second kappa shape index (κ2) is 11.4. The molecule has 1 unspecified atom stereocenters. The van der Waals surface area contributed by atoms with Crippen LogP contribution in [-0.2, 0) is 4.79 Å². The summed E-state index contributed by atoms with van der Waals surface area (Å²) in [4.78, 5) is 9.45. The van der Waals surface area contributed by atoms with E-state index in [1.165, 1.54) is 32.9 Å². The molecule has 80 valence electrons. The molecule has 4 heteroatoms. The van der Waals surface area contributed by atoms with Crippen molar-refractivity contribution in [3.05, 3.63) is 0 Å². The van der Waals surface area contributed by atoms with Gasteiger partial charge in [0.05, 0.1) is 0 Å². The average molecular weight is 191 g/mol. The molecule has 0 saturated carbocycles. The first-order valence-corrected chi connectivity index (χ1v) is 4.67. The van der Waals surface area contributed by atoms with E-state index >= 15 is 0 Å². The van der Waals surface area contributed by atoms with E-state index in [1.54, 1.807) is 0 Å². The average Bonchev–Trinajstić information content (AvgIpc) is 2.06. The van der Waals surface area contributed by atoms with Gasteiger partial charge in [0, 0.05) is 0 Å². The van der Waals surface area contributed by atoms with Crippen molar-refractivity contribution in [2.75, 3.05) is 13.1 Å². The summed E-state index contributed by atoms with van der Waals surface area (Å²) in [7, 11) is 0. The molecule has 0 amide bonds. The van der Waals surface area contributed by atoms with Gasteiger partial charge in [-0.3, -0.25) is 0 Å². The van der Waals surface area contributed by atoms with E-state index in [1.807, 2.05) is 0 Å². The molecular weight excluding hydrogens is 170 g/mol. The van der Waals surface area contributed by atoms with Gasteiger partial charge in [-0.2, -0.15) is 0 Å². The summed E-state index contributed by atoms with van der Waals surface area (Å²) in [5.74, 6) is -1.19. The molecule has 0 aliphatic heterocycles. The molecule has 0 spiro atoms. The topological polar surface area (TPSA) is 69.6 Å². The van der Waals surface area contributed by atoms with Crippen LogP contribution in [0.2, 0.25) is 0 Å². The van der Waals surface area contributed by atoms with Crippen LogP contribution >= 0.6 is 0 Å². The number of rotatable bonds is 5. The van der Waals surface area contributed by atoms with Crippen LogP contribution in [-0.4, -0.2) is 35.4 Å². The first kappa shape index (κ1) is 14.9. The molecule has 4 nitrogen and oxygen atoms in total. The Morgan fingerprint density at radius 2 is 1.62 bits per heavy atom. The molecule has 0 fully saturated rings. The molecule has 0 aromatic heterocycles. The standard InChI is InChI=1S/C6H15N.C3H6O3/c1-3-5-7-6-4-2;1-2(4)3(5)6/h7H,3-6H2,1-2H3;2,4H,1H3,(H,5,6). The van der Waals surface area contributed by atoms with E-state index < -0.39 is 12.1 Å². The highest BCUT2D eigenvalue weighted by Crippen LogP contribution is 1.73. The fraction of sp³-hybridized carbons (Fsp3) is 0.889. The summed E-state index contributed by atoms with van der Waals surface area (Å²) < 4.78 is 0. The SMILES string of the molecule is CC(O)C(=O)O.CCCNCCC. The number of aliphatic hydroxyl groups is 1. The smallest absolute Gasteiger partial charge is 0.332 e.